The molecule has 0 fully saturated rings. The first-order valence-corrected chi connectivity index (χ1v) is 13.8. The first-order valence-electron chi connectivity index (χ1n) is 12.7. The quantitative estimate of drug-likeness (QED) is 0.0908. The maximum absolute atomic E-state index is 10.4. The van der Waals surface area contributed by atoms with Gasteiger partial charge in [0.25, 0.3) is 0 Å². The lowest BCUT2D eigenvalue weighted by molar-refractivity contribution is -0.0257. The molecule has 0 aliphatic heterocycles. The maximum Gasteiger partial charge on any atom is 0.697 e. The van der Waals surface area contributed by atoms with Crippen molar-refractivity contribution in [2.24, 2.45) is 0 Å². The van der Waals surface area contributed by atoms with Crippen LogP contribution in [0.3, 0.4) is 0 Å². The number of hydrogen-bond acceptors (Lipinski definition) is 3. The summed E-state index contributed by atoms with van der Waals surface area (Å²) in [6.45, 7) is 2.28. The second kappa shape index (κ2) is 24.3. The molecule has 0 aromatic carbocycles. The summed E-state index contributed by atoms with van der Waals surface area (Å²) in [4.78, 5) is 8.52. The zero-order valence-corrected chi connectivity index (χ0v) is 20.2. The van der Waals surface area contributed by atoms with Gasteiger partial charge in [0, 0.05) is 11.0 Å². The molecule has 0 heterocycles. The monoisotopic (exact) mass is 433 g/mol. The third-order valence-corrected chi connectivity index (χ3v) is 6.19. The summed E-state index contributed by atoms with van der Waals surface area (Å²) in [6.07, 6.45) is 27.7. The molecule has 2 N–H and O–H groups in total. The lowest BCUT2D eigenvalue weighted by Crippen LogP contribution is -2.06. The fraction of sp³-hybridized carbons (Fsp3) is 1.00. The summed E-state index contributed by atoms with van der Waals surface area (Å²) < 4.78 is 14.8. The predicted octanol–water partition coefficient (Wildman–Crippen LogP) is 8.57. The summed E-state index contributed by atoms with van der Waals surface area (Å²) in [5.41, 5.74) is 0. The topological polar surface area (TPSA) is 66.8 Å². The van der Waals surface area contributed by atoms with Crippen molar-refractivity contribution >= 4 is 8.25 Å². The molecule has 5 heteroatoms. The van der Waals surface area contributed by atoms with E-state index in [0.29, 0.717) is 6.42 Å². The van der Waals surface area contributed by atoms with Gasteiger partial charge in [0.05, 0.1) is 0 Å². The molecule has 2 atom stereocenters. The molecular formula is C24H50O4P+. The van der Waals surface area contributed by atoms with E-state index in [9.17, 15) is 9.67 Å². The smallest absolute Gasteiger partial charge is 0.364 e. The third kappa shape index (κ3) is 25.9. The van der Waals surface area contributed by atoms with Gasteiger partial charge in [-0.3, -0.25) is 0 Å². The molecule has 2 unspecified atom stereocenters. The SMILES string of the molecule is CCCCCCCCCCCCCCCCCCCCCCCC(O)O[P+](=O)O. The van der Waals surface area contributed by atoms with Crippen molar-refractivity contribution in [1.82, 2.24) is 0 Å². The predicted molar refractivity (Wildman–Crippen MR) is 124 cm³/mol. The molecule has 0 aliphatic carbocycles. The highest BCUT2D eigenvalue weighted by molar-refractivity contribution is 7.32. The molecule has 0 aromatic heterocycles. The van der Waals surface area contributed by atoms with E-state index in [1.807, 2.05) is 0 Å². The minimum atomic E-state index is -2.69. The highest BCUT2D eigenvalue weighted by atomic mass is 31.1. The molecule has 0 rings (SSSR count). The Morgan fingerprint density at radius 3 is 1.14 bits per heavy atom. The Labute approximate surface area is 182 Å². The van der Waals surface area contributed by atoms with Gasteiger partial charge in [0.1, 0.15) is 0 Å². The number of aliphatic hydroxyl groups is 1. The molecule has 0 spiro atoms. The number of aliphatic hydroxyl groups excluding tert-OH is 1. The van der Waals surface area contributed by atoms with Crippen LogP contribution in [0.1, 0.15) is 148 Å². The first-order chi connectivity index (χ1) is 14.2. The van der Waals surface area contributed by atoms with E-state index in [1.165, 1.54) is 122 Å². The van der Waals surface area contributed by atoms with Crippen LogP contribution >= 0.6 is 8.25 Å². The van der Waals surface area contributed by atoms with E-state index >= 15 is 0 Å². The van der Waals surface area contributed by atoms with Crippen molar-refractivity contribution in [2.45, 2.75) is 154 Å². The van der Waals surface area contributed by atoms with Gasteiger partial charge in [-0.15, -0.1) is 4.89 Å². The van der Waals surface area contributed by atoms with Crippen LogP contribution in [0.4, 0.5) is 0 Å². The minimum Gasteiger partial charge on any atom is -0.364 e. The summed E-state index contributed by atoms with van der Waals surface area (Å²) in [7, 11) is -2.69. The lowest BCUT2D eigenvalue weighted by atomic mass is 10.0. The minimum absolute atomic E-state index is 0.445. The van der Waals surface area contributed by atoms with E-state index in [0.717, 1.165) is 12.8 Å². The van der Waals surface area contributed by atoms with Crippen LogP contribution in [0.25, 0.3) is 0 Å². The van der Waals surface area contributed by atoms with Crippen LogP contribution in [0.15, 0.2) is 0 Å². The van der Waals surface area contributed by atoms with Gasteiger partial charge in [-0.2, -0.15) is 0 Å². The number of rotatable bonds is 24. The first kappa shape index (κ1) is 29.0. The summed E-state index contributed by atoms with van der Waals surface area (Å²) in [5, 5.41) is 9.31. The average Bonchev–Trinajstić information content (AvgIpc) is 2.68. The molecule has 0 aliphatic rings. The molecule has 174 valence electrons. The zero-order chi connectivity index (χ0) is 21.4. The fourth-order valence-corrected chi connectivity index (χ4v) is 4.22. The summed E-state index contributed by atoms with van der Waals surface area (Å²) >= 11 is 0. The Bertz CT molecular complexity index is 339. The highest BCUT2D eigenvalue weighted by Gasteiger charge is 2.19. The number of hydrogen-bond donors (Lipinski definition) is 2. The molecule has 0 aromatic rings. The van der Waals surface area contributed by atoms with Crippen molar-refractivity contribution in [1.29, 1.82) is 0 Å². The Hall–Kier alpha value is -0.0200. The molecule has 0 bridgehead atoms. The van der Waals surface area contributed by atoms with E-state index in [2.05, 4.69) is 11.4 Å². The van der Waals surface area contributed by atoms with E-state index in [1.54, 1.807) is 0 Å². The van der Waals surface area contributed by atoms with E-state index < -0.39 is 14.5 Å². The maximum atomic E-state index is 10.4. The molecule has 0 radical (unpaired) electrons. The Morgan fingerprint density at radius 2 is 0.862 bits per heavy atom. The Balaban J connectivity index is 3.06. The lowest BCUT2D eigenvalue weighted by Gasteiger charge is -2.05. The standard InChI is InChI=1S/C24H49O4P/c1-2-3-4-5-6-7-8-9-10-11-12-13-14-15-16-17-18-19-20-21-22-23-24(25)28-29(26)27/h24-25H,2-23H2,1H3/p+1. The zero-order valence-electron chi connectivity index (χ0n) is 19.3. The average molecular weight is 434 g/mol. The van der Waals surface area contributed by atoms with Crippen LogP contribution < -0.4 is 0 Å². The van der Waals surface area contributed by atoms with Crippen LogP contribution in [0.2, 0.25) is 0 Å². The summed E-state index contributed by atoms with van der Waals surface area (Å²) in [5.74, 6) is 0. The van der Waals surface area contributed by atoms with Gasteiger partial charge >= 0.3 is 8.25 Å². The third-order valence-electron chi connectivity index (χ3n) is 5.77. The van der Waals surface area contributed by atoms with Gasteiger partial charge in [-0.05, 0) is 6.42 Å². The van der Waals surface area contributed by atoms with Gasteiger partial charge in [0.15, 0.2) is 0 Å². The van der Waals surface area contributed by atoms with Crippen LogP contribution in [0.5, 0.6) is 0 Å². The molecular weight excluding hydrogens is 383 g/mol. The van der Waals surface area contributed by atoms with E-state index in [-0.39, 0.29) is 0 Å². The van der Waals surface area contributed by atoms with Crippen molar-refractivity contribution in [3.8, 4) is 0 Å². The van der Waals surface area contributed by atoms with Gasteiger partial charge in [-0.25, -0.2) is 0 Å². The van der Waals surface area contributed by atoms with Gasteiger partial charge < -0.3 is 5.11 Å². The van der Waals surface area contributed by atoms with Crippen molar-refractivity contribution in [3.63, 3.8) is 0 Å². The molecule has 0 saturated heterocycles. The second-order valence-electron chi connectivity index (χ2n) is 8.66. The largest absolute Gasteiger partial charge is 0.697 e. The number of unbranched alkanes of at least 4 members (excludes halogenated alkanes) is 20. The van der Waals surface area contributed by atoms with Crippen molar-refractivity contribution < 1.29 is 19.1 Å². The highest BCUT2D eigenvalue weighted by Crippen LogP contribution is 2.20. The van der Waals surface area contributed by atoms with Gasteiger partial charge in [0.2, 0.25) is 6.29 Å². The second-order valence-corrected chi connectivity index (χ2v) is 9.34. The molecule has 0 amide bonds. The summed E-state index contributed by atoms with van der Waals surface area (Å²) in [6, 6.07) is 0. The van der Waals surface area contributed by atoms with Crippen LogP contribution in [0, 0.1) is 0 Å². The van der Waals surface area contributed by atoms with Crippen molar-refractivity contribution in [3.05, 3.63) is 0 Å². The van der Waals surface area contributed by atoms with E-state index in [4.69, 9.17) is 4.89 Å². The molecule has 29 heavy (non-hydrogen) atoms. The molecule has 0 saturated carbocycles. The normalized spacial score (nSPS) is 13.0. The van der Waals surface area contributed by atoms with Gasteiger partial charge in [-0.1, -0.05) is 140 Å². The van der Waals surface area contributed by atoms with Crippen LogP contribution in [-0.4, -0.2) is 16.3 Å². The Kier molecular flexibility index (Phi) is 24.2. The molecule has 4 nitrogen and oxygen atoms in total. The van der Waals surface area contributed by atoms with Crippen LogP contribution in [-0.2, 0) is 9.09 Å². The fourth-order valence-electron chi connectivity index (χ4n) is 3.91. The Morgan fingerprint density at radius 1 is 0.586 bits per heavy atom. The van der Waals surface area contributed by atoms with Crippen molar-refractivity contribution in [2.75, 3.05) is 0 Å².